The highest BCUT2D eigenvalue weighted by atomic mass is 16.6. The summed E-state index contributed by atoms with van der Waals surface area (Å²) in [5.41, 5.74) is 1.37. The molecule has 1 N–H and O–H groups in total. The number of nitrogens with one attached hydrogen (secondary N) is 1. The molecule has 0 aliphatic heterocycles. The number of para-hydroxylation sites is 2. The highest BCUT2D eigenvalue weighted by Gasteiger charge is 2.15. The Kier molecular flexibility index (Phi) is 5.30. The lowest BCUT2D eigenvalue weighted by molar-refractivity contribution is -0.385. The van der Waals surface area contributed by atoms with Gasteiger partial charge in [0.1, 0.15) is 5.75 Å². The molecule has 23 heavy (non-hydrogen) atoms. The number of nitrogens with zero attached hydrogens (tertiary/aromatic N) is 1. The molecule has 0 unspecified atom stereocenters. The van der Waals surface area contributed by atoms with Crippen LogP contribution in [0.2, 0.25) is 0 Å². The molecular weight excluding hydrogens is 296 g/mol. The lowest BCUT2D eigenvalue weighted by Crippen LogP contribution is -2.13. The summed E-state index contributed by atoms with van der Waals surface area (Å²) < 4.78 is 5.59. The van der Waals surface area contributed by atoms with Crippen molar-refractivity contribution in [3.8, 4) is 5.75 Å². The number of nitro groups is 1. The van der Waals surface area contributed by atoms with E-state index in [-0.39, 0.29) is 11.6 Å². The summed E-state index contributed by atoms with van der Waals surface area (Å²) in [7, 11) is 0. The summed E-state index contributed by atoms with van der Waals surface area (Å²) in [6.07, 6.45) is 0.865. The second-order valence-corrected chi connectivity index (χ2v) is 5.06. The minimum atomic E-state index is -0.467. The molecule has 0 aliphatic rings. The largest absolute Gasteiger partial charge is 0.491 e. The van der Waals surface area contributed by atoms with E-state index in [4.69, 9.17) is 4.74 Å². The molecule has 2 aromatic rings. The van der Waals surface area contributed by atoms with Crippen LogP contribution in [0.3, 0.4) is 0 Å². The molecule has 6 heteroatoms. The van der Waals surface area contributed by atoms with Crippen LogP contribution in [0.5, 0.6) is 5.75 Å². The first-order valence-electron chi connectivity index (χ1n) is 7.31. The van der Waals surface area contributed by atoms with Crippen LogP contribution in [0, 0.1) is 17.0 Å². The van der Waals surface area contributed by atoms with Crippen LogP contribution in [0.15, 0.2) is 42.5 Å². The van der Waals surface area contributed by atoms with Crippen LogP contribution >= 0.6 is 0 Å². The summed E-state index contributed by atoms with van der Waals surface area (Å²) in [6.45, 7) is 4.16. The predicted octanol–water partition coefficient (Wildman–Crippen LogP) is 3.94. The Hall–Kier alpha value is -2.89. The van der Waals surface area contributed by atoms with Crippen LogP contribution in [-0.2, 0) is 0 Å². The maximum absolute atomic E-state index is 12.3. The number of ether oxygens (including phenoxy) is 1. The number of carbonyl (C=O) groups excluding carboxylic acids is 1. The van der Waals surface area contributed by atoms with E-state index in [9.17, 15) is 14.9 Å². The Balaban J connectivity index is 2.19. The van der Waals surface area contributed by atoms with Gasteiger partial charge in [-0.1, -0.05) is 19.1 Å². The predicted molar refractivity (Wildman–Crippen MR) is 88.0 cm³/mol. The second kappa shape index (κ2) is 7.40. The van der Waals surface area contributed by atoms with Gasteiger partial charge < -0.3 is 10.1 Å². The number of carbonyl (C=O) groups is 1. The van der Waals surface area contributed by atoms with E-state index < -0.39 is 4.92 Å². The normalized spacial score (nSPS) is 10.2. The van der Waals surface area contributed by atoms with E-state index in [0.717, 1.165) is 6.42 Å². The molecule has 2 aromatic carbocycles. The Morgan fingerprint density at radius 2 is 2.00 bits per heavy atom. The molecule has 0 saturated heterocycles. The van der Waals surface area contributed by atoms with E-state index in [1.807, 2.05) is 13.0 Å². The molecule has 0 fully saturated rings. The van der Waals surface area contributed by atoms with Crippen LogP contribution in [0.1, 0.15) is 29.3 Å². The molecule has 0 saturated carbocycles. The second-order valence-electron chi connectivity index (χ2n) is 5.06. The first-order valence-corrected chi connectivity index (χ1v) is 7.31. The number of aryl methyl sites for hydroxylation is 1. The van der Waals surface area contributed by atoms with Crippen molar-refractivity contribution in [3.63, 3.8) is 0 Å². The molecule has 1 amide bonds. The van der Waals surface area contributed by atoms with E-state index >= 15 is 0 Å². The molecule has 0 aromatic heterocycles. The van der Waals surface area contributed by atoms with Gasteiger partial charge in [0.05, 0.1) is 17.2 Å². The molecule has 0 bridgehead atoms. The fourth-order valence-corrected chi connectivity index (χ4v) is 2.10. The van der Waals surface area contributed by atoms with Crippen LogP contribution < -0.4 is 10.1 Å². The first-order chi connectivity index (χ1) is 11.0. The summed E-state index contributed by atoms with van der Waals surface area (Å²) >= 11 is 0. The van der Waals surface area contributed by atoms with Crippen molar-refractivity contribution in [2.45, 2.75) is 20.3 Å². The highest BCUT2D eigenvalue weighted by molar-refractivity contribution is 6.05. The van der Waals surface area contributed by atoms with Gasteiger partial charge in [0.25, 0.3) is 11.6 Å². The molecule has 120 valence electrons. The Labute approximate surface area is 134 Å². The Morgan fingerprint density at radius 3 is 2.65 bits per heavy atom. The molecular formula is C17H18N2O4. The van der Waals surface area contributed by atoms with Crippen LogP contribution in [0.4, 0.5) is 11.4 Å². The topological polar surface area (TPSA) is 81.5 Å². The van der Waals surface area contributed by atoms with Gasteiger partial charge in [-0.3, -0.25) is 14.9 Å². The maximum Gasteiger partial charge on any atom is 0.272 e. The first kappa shape index (κ1) is 16.5. The van der Waals surface area contributed by atoms with Crippen molar-refractivity contribution in [1.82, 2.24) is 0 Å². The smallest absolute Gasteiger partial charge is 0.272 e. The number of rotatable bonds is 6. The molecule has 0 aliphatic carbocycles. The molecule has 2 rings (SSSR count). The molecule has 0 heterocycles. The van der Waals surface area contributed by atoms with Gasteiger partial charge in [-0.05, 0) is 37.6 Å². The number of nitro benzene ring substituents is 1. The monoisotopic (exact) mass is 314 g/mol. The van der Waals surface area contributed by atoms with Gasteiger partial charge >= 0.3 is 0 Å². The SMILES string of the molecule is CCCOc1ccccc1NC(=O)c1ccc([N+](=O)[O-])c(C)c1. The third kappa shape index (κ3) is 4.06. The molecule has 0 spiro atoms. The quantitative estimate of drug-likeness (QED) is 0.646. The van der Waals surface area contributed by atoms with Crippen molar-refractivity contribution in [1.29, 1.82) is 0 Å². The maximum atomic E-state index is 12.3. The number of anilines is 1. The fraction of sp³-hybridized carbons (Fsp3) is 0.235. The van der Waals surface area contributed by atoms with E-state index in [2.05, 4.69) is 5.32 Å². The van der Waals surface area contributed by atoms with Crippen molar-refractivity contribution in [3.05, 3.63) is 63.7 Å². The van der Waals surface area contributed by atoms with Crippen molar-refractivity contribution >= 4 is 17.3 Å². The minimum absolute atomic E-state index is 0.00627. The lowest BCUT2D eigenvalue weighted by Gasteiger charge is -2.12. The van der Waals surface area contributed by atoms with Gasteiger partial charge in [-0.15, -0.1) is 0 Å². The zero-order chi connectivity index (χ0) is 16.8. The average molecular weight is 314 g/mol. The summed E-state index contributed by atoms with van der Waals surface area (Å²) in [5.74, 6) is 0.261. The van der Waals surface area contributed by atoms with E-state index in [0.29, 0.717) is 29.2 Å². The number of hydrogen-bond donors (Lipinski definition) is 1. The van der Waals surface area contributed by atoms with Gasteiger partial charge in [0.15, 0.2) is 0 Å². The van der Waals surface area contributed by atoms with Crippen LogP contribution in [0.25, 0.3) is 0 Å². The third-order valence-corrected chi connectivity index (χ3v) is 3.25. The zero-order valence-electron chi connectivity index (χ0n) is 13.0. The number of amides is 1. The Bertz CT molecular complexity index is 728. The van der Waals surface area contributed by atoms with Crippen LogP contribution in [-0.4, -0.2) is 17.4 Å². The average Bonchev–Trinajstić information content (AvgIpc) is 2.53. The van der Waals surface area contributed by atoms with E-state index in [1.165, 1.54) is 18.2 Å². The third-order valence-electron chi connectivity index (χ3n) is 3.25. The highest BCUT2D eigenvalue weighted by Crippen LogP contribution is 2.25. The Morgan fingerprint density at radius 1 is 1.26 bits per heavy atom. The van der Waals surface area contributed by atoms with Gasteiger partial charge in [0.2, 0.25) is 0 Å². The van der Waals surface area contributed by atoms with Gasteiger partial charge in [0, 0.05) is 17.2 Å². The summed E-state index contributed by atoms with van der Waals surface area (Å²) in [6, 6.07) is 11.4. The minimum Gasteiger partial charge on any atom is -0.491 e. The van der Waals surface area contributed by atoms with E-state index in [1.54, 1.807) is 25.1 Å². The van der Waals surface area contributed by atoms with Crippen molar-refractivity contribution < 1.29 is 14.5 Å². The van der Waals surface area contributed by atoms with Gasteiger partial charge in [-0.25, -0.2) is 0 Å². The van der Waals surface area contributed by atoms with Crippen molar-refractivity contribution in [2.24, 2.45) is 0 Å². The summed E-state index contributed by atoms with van der Waals surface area (Å²) in [5, 5.41) is 13.6. The van der Waals surface area contributed by atoms with Crippen molar-refractivity contribution in [2.75, 3.05) is 11.9 Å². The zero-order valence-corrected chi connectivity index (χ0v) is 13.0. The number of hydrogen-bond acceptors (Lipinski definition) is 4. The fourth-order valence-electron chi connectivity index (χ4n) is 2.10. The molecule has 6 nitrogen and oxygen atoms in total. The molecule has 0 atom stereocenters. The lowest BCUT2D eigenvalue weighted by atomic mass is 10.1. The summed E-state index contributed by atoms with van der Waals surface area (Å²) in [4.78, 5) is 22.7. The number of benzene rings is 2. The standard InChI is InChI=1S/C17H18N2O4/c1-3-10-23-16-7-5-4-6-14(16)18-17(20)13-8-9-15(19(21)22)12(2)11-13/h4-9,11H,3,10H2,1-2H3,(H,18,20). The van der Waals surface area contributed by atoms with Gasteiger partial charge in [-0.2, -0.15) is 0 Å². The molecule has 0 radical (unpaired) electrons.